The SMILES string of the molecule is CC(C)(C)OC(=O)COC(=O)[C@@H]1N2C(=O)C(=[N+]=[N-])[C@H]2SC1(C)C. The molecule has 23 heavy (non-hydrogen) atoms. The molecule has 2 aliphatic heterocycles. The van der Waals surface area contributed by atoms with Gasteiger partial charge in [-0.05, 0) is 34.6 Å². The summed E-state index contributed by atoms with van der Waals surface area (Å²) >= 11 is 1.33. The van der Waals surface area contributed by atoms with Gasteiger partial charge in [-0.15, -0.1) is 11.8 Å². The molecule has 2 aliphatic rings. The van der Waals surface area contributed by atoms with Crippen LogP contribution in [-0.4, -0.2) is 61.6 Å². The quantitative estimate of drug-likeness (QED) is 0.322. The van der Waals surface area contributed by atoms with Crippen LogP contribution in [-0.2, 0) is 23.9 Å². The van der Waals surface area contributed by atoms with E-state index in [9.17, 15) is 14.4 Å². The molecule has 2 atom stereocenters. The highest BCUT2D eigenvalue weighted by Gasteiger charge is 2.67. The zero-order valence-corrected chi connectivity index (χ0v) is 14.5. The molecule has 0 spiro atoms. The Morgan fingerprint density at radius 2 is 2.00 bits per heavy atom. The Hall–Kier alpha value is -1.86. The van der Waals surface area contributed by atoms with Crippen molar-refractivity contribution in [2.75, 3.05) is 6.61 Å². The van der Waals surface area contributed by atoms with Gasteiger partial charge >= 0.3 is 23.6 Å². The number of β-lactam (4-membered cyclic amide) rings is 1. The van der Waals surface area contributed by atoms with E-state index < -0.39 is 46.2 Å². The molecule has 0 aromatic rings. The van der Waals surface area contributed by atoms with E-state index in [1.807, 2.05) is 0 Å². The van der Waals surface area contributed by atoms with Crippen molar-refractivity contribution in [1.29, 1.82) is 0 Å². The first-order valence-corrected chi connectivity index (χ1v) is 7.97. The van der Waals surface area contributed by atoms with Crippen LogP contribution in [0.25, 0.3) is 5.53 Å². The van der Waals surface area contributed by atoms with Crippen molar-refractivity contribution < 1.29 is 28.6 Å². The van der Waals surface area contributed by atoms with Crippen LogP contribution in [0.1, 0.15) is 34.6 Å². The number of rotatable bonds is 3. The number of hydrogen-bond donors (Lipinski definition) is 0. The van der Waals surface area contributed by atoms with Gasteiger partial charge < -0.3 is 15.0 Å². The maximum atomic E-state index is 12.3. The van der Waals surface area contributed by atoms with Crippen molar-refractivity contribution in [1.82, 2.24) is 4.90 Å². The predicted molar refractivity (Wildman–Crippen MR) is 81.5 cm³/mol. The van der Waals surface area contributed by atoms with E-state index in [0.717, 1.165) is 0 Å². The fourth-order valence-electron chi connectivity index (χ4n) is 2.53. The van der Waals surface area contributed by atoms with Gasteiger partial charge in [0.25, 0.3) is 0 Å². The first-order chi connectivity index (χ1) is 10.5. The molecule has 0 saturated carbocycles. The van der Waals surface area contributed by atoms with Gasteiger partial charge in [0.05, 0.1) is 0 Å². The summed E-state index contributed by atoms with van der Waals surface area (Å²) in [7, 11) is 0. The number of amides is 1. The Labute approximate surface area is 138 Å². The summed E-state index contributed by atoms with van der Waals surface area (Å²) in [4.78, 5) is 40.2. The van der Waals surface area contributed by atoms with Crippen LogP contribution in [0.4, 0.5) is 0 Å². The molecule has 0 aromatic heterocycles. The molecule has 2 fully saturated rings. The summed E-state index contributed by atoms with van der Waals surface area (Å²) in [6, 6.07) is -0.849. The van der Waals surface area contributed by atoms with Gasteiger partial charge in [0.15, 0.2) is 12.0 Å². The minimum Gasteiger partial charge on any atom is -0.457 e. The zero-order chi connectivity index (χ0) is 17.6. The Kier molecular flexibility index (Phi) is 4.30. The molecule has 0 aromatic carbocycles. The van der Waals surface area contributed by atoms with Crippen molar-refractivity contribution in [3.8, 4) is 0 Å². The van der Waals surface area contributed by atoms with Crippen LogP contribution >= 0.6 is 11.8 Å². The van der Waals surface area contributed by atoms with E-state index in [0.29, 0.717) is 0 Å². The second-order valence-electron chi connectivity index (χ2n) is 6.87. The van der Waals surface area contributed by atoms with Gasteiger partial charge in [0.1, 0.15) is 11.6 Å². The summed E-state index contributed by atoms with van der Waals surface area (Å²) in [5.41, 5.74) is 8.18. The summed E-state index contributed by atoms with van der Waals surface area (Å²) < 4.78 is 9.45. The minimum atomic E-state index is -0.849. The standard InChI is InChI=1S/C14H19N3O5S/c1-13(2,3)22-7(18)6-21-12(20)9-14(4,5)23-11-8(16-15)10(19)17(9)11/h9,11H,6H2,1-5H3/t9-,11+/m0/s1. The molecule has 1 amide bonds. The normalized spacial score (nSPS) is 25.3. The van der Waals surface area contributed by atoms with E-state index in [2.05, 4.69) is 4.79 Å². The molecule has 0 radical (unpaired) electrons. The first kappa shape index (κ1) is 17.5. The number of carbonyl (C=O) groups is 3. The number of nitrogens with zero attached hydrogens (tertiary/aromatic N) is 3. The monoisotopic (exact) mass is 341 g/mol. The van der Waals surface area contributed by atoms with E-state index in [1.54, 1.807) is 34.6 Å². The Morgan fingerprint density at radius 1 is 1.39 bits per heavy atom. The van der Waals surface area contributed by atoms with E-state index >= 15 is 0 Å². The van der Waals surface area contributed by atoms with Crippen LogP contribution < -0.4 is 0 Å². The highest BCUT2D eigenvalue weighted by Crippen LogP contribution is 2.49. The smallest absolute Gasteiger partial charge is 0.388 e. The molecule has 0 aliphatic carbocycles. The third-order valence-corrected chi connectivity index (χ3v) is 4.88. The number of esters is 2. The lowest BCUT2D eigenvalue weighted by atomic mass is 9.97. The number of thioether (sulfide) groups is 1. The van der Waals surface area contributed by atoms with Crippen LogP contribution in [0.2, 0.25) is 0 Å². The predicted octanol–water partition coefficient (Wildman–Crippen LogP) is 0.604. The molecule has 8 nitrogen and oxygen atoms in total. The number of ether oxygens (including phenoxy) is 2. The third-order valence-electron chi connectivity index (χ3n) is 3.38. The van der Waals surface area contributed by atoms with Gasteiger partial charge in [0, 0.05) is 4.75 Å². The maximum Gasteiger partial charge on any atom is 0.388 e. The lowest BCUT2D eigenvalue weighted by Crippen LogP contribution is -2.64. The van der Waals surface area contributed by atoms with Crippen molar-refractivity contribution in [2.45, 2.75) is 56.4 Å². The van der Waals surface area contributed by atoms with Crippen molar-refractivity contribution in [3.63, 3.8) is 0 Å². The molecule has 0 bridgehead atoms. The largest absolute Gasteiger partial charge is 0.457 e. The Balaban J connectivity index is 2.03. The summed E-state index contributed by atoms with van der Waals surface area (Å²) in [5.74, 6) is -1.84. The third kappa shape index (κ3) is 3.25. The van der Waals surface area contributed by atoms with Gasteiger partial charge in [-0.2, -0.15) is 4.79 Å². The number of fused-ring (bicyclic) bond motifs is 1. The Morgan fingerprint density at radius 3 is 2.52 bits per heavy atom. The highest BCUT2D eigenvalue weighted by molar-refractivity contribution is 8.02. The average molecular weight is 341 g/mol. The number of hydrogen-bond acceptors (Lipinski definition) is 6. The molecular formula is C14H19N3O5S. The van der Waals surface area contributed by atoms with Gasteiger partial charge in [-0.1, -0.05) is 0 Å². The summed E-state index contributed by atoms with van der Waals surface area (Å²) in [5, 5.41) is -0.471. The van der Waals surface area contributed by atoms with E-state index in [-0.39, 0.29) is 5.71 Å². The van der Waals surface area contributed by atoms with Gasteiger partial charge in [-0.25, -0.2) is 9.59 Å². The van der Waals surface area contributed by atoms with Crippen LogP contribution in [0, 0.1) is 0 Å². The highest BCUT2D eigenvalue weighted by atomic mass is 32.2. The van der Waals surface area contributed by atoms with Crippen molar-refractivity contribution in [2.24, 2.45) is 0 Å². The molecule has 9 heteroatoms. The second kappa shape index (κ2) is 5.65. The zero-order valence-electron chi connectivity index (χ0n) is 13.7. The molecule has 0 unspecified atom stereocenters. The fourth-order valence-corrected chi connectivity index (χ4v) is 4.04. The lowest BCUT2D eigenvalue weighted by molar-refractivity contribution is -0.170. The molecular weight excluding hydrogens is 322 g/mol. The molecule has 126 valence electrons. The van der Waals surface area contributed by atoms with Crippen LogP contribution in [0.3, 0.4) is 0 Å². The van der Waals surface area contributed by atoms with Crippen LogP contribution in [0.15, 0.2) is 0 Å². The average Bonchev–Trinajstić information content (AvgIpc) is 2.63. The first-order valence-electron chi connectivity index (χ1n) is 7.09. The molecule has 2 rings (SSSR count). The van der Waals surface area contributed by atoms with Gasteiger partial charge in [-0.3, -0.25) is 9.69 Å². The summed E-state index contributed by atoms with van der Waals surface area (Å²) in [6.07, 6.45) is 0. The molecule has 2 heterocycles. The van der Waals surface area contributed by atoms with Crippen molar-refractivity contribution in [3.05, 3.63) is 5.53 Å². The Bertz CT molecular complexity index is 618. The van der Waals surface area contributed by atoms with Crippen molar-refractivity contribution >= 4 is 35.3 Å². The fraction of sp³-hybridized carbons (Fsp3) is 0.714. The summed E-state index contributed by atoms with van der Waals surface area (Å²) in [6.45, 7) is 8.20. The van der Waals surface area contributed by atoms with Gasteiger partial charge in [0.2, 0.25) is 0 Å². The number of carbonyl (C=O) groups excluding carboxylic acids is 3. The minimum absolute atomic E-state index is 0.0190. The molecule has 2 saturated heterocycles. The lowest BCUT2D eigenvalue weighted by Gasteiger charge is -2.33. The molecule has 0 N–H and O–H groups in total. The van der Waals surface area contributed by atoms with Crippen LogP contribution in [0.5, 0.6) is 0 Å². The second-order valence-corrected chi connectivity index (χ2v) is 8.60. The topological polar surface area (TPSA) is 109 Å². The van der Waals surface area contributed by atoms with E-state index in [4.69, 9.17) is 15.0 Å². The van der Waals surface area contributed by atoms with E-state index in [1.165, 1.54) is 16.7 Å². The maximum absolute atomic E-state index is 12.3.